The van der Waals surface area contributed by atoms with Crippen molar-refractivity contribution in [2.45, 2.75) is 6.18 Å². The number of benzene rings is 1. The molecule has 3 N–H and O–H groups in total. The van der Waals surface area contributed by atoms with Crippen LogP contribution in [0.5, 0.6) is 0 Å². The Morgan fingerprint density at radius 3 is 2.50 bits per heavy atom. The van der Waals surface area contributed by atoms with Gasteiger partial charge in [-0.25, -0.2) is 4.98 Å². The Morgan fingerprint density at radius 1 is 1.07 bits per heavy atom. The summed E-state index contributed by atoms with van der Waals surface area (Å²) in [5.41, 5.74) is 8.06. The van der Waals surface area contributed by atoms with E-state index in [1.54, 1.807) is 49.4 Å². The Labute approximate surface area is 168 Å². The van der Waals surface area contributed by atoms with Gasteiger partial charge < -0.3 is 15.6 Å². The predicted octanol–water partition coefficient (Wildman–Crippen LogP) is 3.68. The Bertz CT molecular complexity index is 1310. The molecule has 4 rings (SSSR count). The fraction of sp³-hybridized carbons (Fsp3) is 0.150. The van der Waals surface area contributed by atoms with Crippen molar-refractivity contribution in [3.63, 3.8) is 0 Å². The highest BCUT2D eigenvalue weighted by Gasteiger charge is 2.32. The van der Waals surface area contributed by atoms with E-state index in [4.69, 9.17) is 5.73 Å². The van der Waals surface area contributed by atoms with Gasteiger partial charge in [-0.2, -0.15) is 18.3 Å². The highest BCUT2D eigenvalue weighted by atomic mass is 19.4. The van der Waals surface area contributed by atoms with Crippen LogP contribution in [-0.4, -0.2) is 19.3 Å². The molecule has 0 aliphatic heterocycles. The van der Waals surface area contributed by atoms with Crippen LogP contribution in [0.1, 0.15) is 5.69 Å². The van der Waals surface area contributed by atoms with Crippen LogP contribution < -0.4 is 16.6 Å². The molecule has 0 aliphatic carbocycles. The summed E-state index contributed by atoms with van der Waals surface area (Å²) in [6, 6.07) is 7.30. The first-order chi connectivity index (χ1) is 14.1. The van der Waals surface area contributed by atoms with E-state index in [0.717, 1.165) is 12.3 Å². The number of hydrogen-bond donors (Lipinski definition) is 2. The molecular formula is C20H17F3N6O. The van der Waals surface area contributed by atoms with Gasteiger partial charge in [-0.05, 0) is 30.3 Å². The predicted molar refractivity (Wildman–Crippen MR) is 108 cm³/mol. The summed E-state index contributed by atoms with van der Waals surface area (Å²) in [6.45, 7) is 0. The van der Waals surface area contributed by atoms with E-state index in [1.165, 1.54) is 10.6 Å². The fourth-order valence-electron chi connectivity index (χ4n) is 3.23. The minimum absolute atomic E-state index is 0.188. The number of aryl methyl sites for hydroxylation is 2. The zero-order chi connectivity index (χ0) is 21.6. The smallest absolute Gasteiger partial charge is 0.399 e. The van der Waals surface area contributed by atoms with E-state index in [1.807, 2.05) is 0 Å². The molecule has 0 spiro atoms. The summed E-state index contributed by atoms with van der Waals surface area (Å²) in [5.74, 6) is 0. The number of nitrogens with zero attached hydrogens (tertiary/aromatic N) is 4. The lowest BCUT2D eigenvalue weighted by molar-refractivity contribution is -0.141. The molecule has 1 aromatic carbocycles. The molecule has 0 fully saturated rings. The normalized spacial score (nSPS) is 11.8. The van der Waals surface area contributed by atoms with Crippen LogP contribution in [0.2, 0.25) is 0 Å². The summed E-state index contributed by atoms with van der Waals surface area (Å²) < 4.78 is 41.3. The Kier molecular flexibility index (Phi) is 4.49. The molecule has 0 saturated heterocycles. The van der Waals surface area contributed by atoms with Crippen LogP contribution in [0.15, 0.2) is 53.7 Å². The van der Waals surface area contributed by atoms with E-state index in [2.05, 4.69) is 15.4 Å². The third kappa shape index (κ3) is 3.47. The number of aromatic nitrogens is 4. The maximum absolute atomic E-state index is 12.8. The van der Waals surface area contributed by atoms with Gasteiger partial charge in [0.2, 0.25) is 0 Å². The highest BCUT2D eigenvalue weighted by Crippen LogP contribution is 2.35. The number of nitrogens with one attached hydrogen (secondary N) is 1. The van der Waals surface area contributed by atoms with Crippen LogP contribution in [0.4, 0.5) is 30.2 Å². The van der Waals surface area contributed by atoms with Crippen molar-refractivity contribution >= 4 is 28.0 Å². The van der Waals surface area contributed by atoms with Gasteiger partial charge >= 0.3 is 6.18 Å². The molecular weight excluding hydrogens is 397 g/mol. The van der Waals surface area contributed by atoms with Crippen molar-refractivity contribution in [2.75, 3.05) is 11.1 Å². The summed E-state index contributed by atoms with van der Waals surface area (Å²) in [7, 11) is 3.35. The summed E-state index contributed by atoms with van der Waals surface area (Å²) in [6.07, 6.45) is -0.104. The van der Waals surface area contributed by atoms with Crippen LogP contribution in [0.3, 0.4) is 0 Å². The minimum Gasteiger partial charge on any atom is -0.399 e. The maximum Gasteiger partial charge on any atom is 0.433 e. The van der Waals surface area contributed by atoms with Crippen LogP contribution in [0.25, 0.3) is 22.0 Å². The molecule has 3 aromatic heterocycles. The topological polar surface area (TPSA) is 90.8 Å². The van der Waals surface area contributed by atoms with Gasteiger partial charge in [-0.15, -0.1) is 0 Å². The molecule has 0 amide bonds. The molecule has 30 heavy (non-hydrogen) atoms. The summed E-state index contributed by atoms with van der Waals surface area (Å²) in [5, 5.41) is 7.93. The number of nitrogens with two attached hydrogens (primary N) is 1. The summed E-state index contributed by atoms with van der Waals surface area (Å²) >= 11 is 0. The molecule has 10 heteroatoms. The monoisotopic (exact) mass is 414 g/mol. The van der Waals surface area contributed by atoms with Gasteiger partial charge in [-0.3, -0.25) is 9.48 Å². The van der Waals surface area contributed by atoms with Gasteiger partial charge in [0.05, 0.1) is 17.3 Å². The minimum atomic E-state index is -4.51. The van der Waals surface area contributed by atoms with Crippen molar-refractivity contribution in [3.8, 4) is 11.1 Å². The second-order valence-corrected chi connectivity index (χ2v) is 6.88. The van der Waals surface area contributed by atoms with E-state index < -0.39 is 11.9 Å². The van der Waals surface area contributed by atoms with E-state index in [0.29, 0.717) is 39.1 Å². The average molecular weight is 414 g/mol. The second kappa shape index (κ2) is 6.90. The second-order valence-electron chi connectivity index (χ2n) is 6.88. The fourth-order valence-corrected chi connectivity index (χ4v) is 3.23. The number of hydrogen-bond acceptors (Lipinski definition) is 5. The lowest BCUT2D eigenvalue weighted by atomic mass is 10.0. The Balaban J connectivity index is 1.84. The van der Waals surface area contributed by atoms with E-state index in [-0.39, 0.29) is 5.56 Å². The molecule has 0 unspecified atom stereocenters. The maximum atomic E-state index is 12.8. The number of nitrogen functional groups attached to an aromatic ring is 1. The van der Waals surface area contributed by atoms with Gasteiger partial charge in [0, 0.05) is 49.0 Å². The molecule has 0 atom stereocenters. The van der Waals surface area contributed by atoms with Crippen LogP contribution in [-0.2, 0) is 20.3 Å². The zero-order valence-corrected chi connectivity index (χ0v) is 16.0. The number of anilines is 3. The van der Waals surface area contributed by atoms with E-state index >= 15 is 0 Å². The largest absolute Gasteiger partial charge is 0.433 e. The number of fused-ring (bicyclic) bond motifs is 1. The van der Waals surface area contributed by atoms with Crippen molar-refractivity contribution in [2.24, 2.45) is 14.1 Å². The first-order valence-electron chi connectivity index (χ1n) is 8.86. The number of halogens is 3. The van der Waals surface area contributed by atoms with Gasteiger partial charge in [0.15, 0.2) is 0 Å². The number of pyridine rings is 2. The molecule has 154 valence electrons. The lowest BCUT2D eigenvalue weighted by Gasteiger charge is -2.15. The molecule has 7 nitrogen and oxygen atoms in total. The lowest BCUT2D eigenvalue weighted by Crippen LogP contribution is -2.16. The third-order valence-corrected chi connectivity index (χ3v) is 4.62. The standard InChI is InChI=1S/C20H17F3N6O/c1-28-9-14(18-15(19(28)30)10-29(2)27-18)13-7-11(24)3-5-16(13)26-12-4-6-17(25-8-12)20(21,22)23/h3-10,26H,24H2,1-2H3. The van der Waals surface area contributed by atoms with Crippen molar-refractivity contribution in [1.82, 2.24) is 19.3 Å². The van der Waals surface area contributed by atoms with Gasteiger partial charge in [-0.1, -0.05) is 0 Å². The molecule has 0 radical (unpaired) electrons. The average Bonchev–Trinajstić information content (AvgIpc) is 3.08. The van der Waals surface area contributed by atoms with Crippen LogP contribution in [0, 0.1) is 0 Å². The molecule has 0 aliphatic rings. The molecule has 3 heterocycles. The van der Waals surface area contributed by atoms with Gasteiger partial charge in [0.1, 0.15) is 11.2 Å². The zero-order valence-electron chi connectivity index (χ0n) is 16.0. The number of rotatable bonds is 3. The third-order valence-electron chi connectivity index (χ3n) is 4.62. The first-order valence-corrected chi connectivity index (χ1v) is 8.86. The first kappa shape index (κ1) is 19.5. The quantitative estimate of drug-likeness (QED) is 0.499. The highest BCUT2D eigenvalue weighted by molar-refractivity contribution is 5.97. The Hall–Kier alpha value is -3.82. The Morgan fingerprint density at radius 2 is 1.83 bits per heavy atom. The van der Waals surface area contributed by atoms with Crippen molar-refractivity contribution in [1.29, 1.82) is 0 Å². The molecule has 4 aromatic rings. The van der Waals surface area contributed by atoms with Crippen molar-refractivity contribution in [3.05, 3.63) is 65.0 Å². The molecule has 0 saturated carbocycles. The van der Waals surface area contributed by atoms with E-state index in [9.17, 15) is 18.0 Å². The van der Waals surface area contributed by atoms with Crippen LogP contribution >= 0.6 is 0 Å². The number of alkyl halides is 3. The van der Waals surface area contributed by atoms with Crippen molar-refractivity contribution < 1.29 is 13.2 Å². The van der Waals surface area contributed by atoms with Gasteiger partial charge in [0.25, 0.3) is 5.56 Å². The summed E-state index contributed by atoms with van der Waals surface area (Å²) in [4.78, 5) is 15.9. The SMILES string of the molecule is Cn1cc2c(=O)n(C)cc(-c3cc(N)ccc3Nc3ccc(C(F)(F)F)nc3)c2n1. The molecule has 0 bridgehead atoms.